The van der Waals surface area contributed by atoms with Crippen molar-refractivity contribution >= 4 is 74.1 Å². The van der Waals surface area contributed by atoms with Crippen LogP contribution in [0.2, 0.25) is 10.0 Å². The van der Waals surface area contributed by atoms with Crippen LogP contribution in [0.3, 0.4) is 0 Å². The largest absolute Gasteiger partial charge is 0.493 e. The van der Waals surface area contributed by atoms with Gasteiger partial charge in [-0.15, -0.1) is 0 Å². The fourth-order valence-electron chi connectivity index (χ4n) is 2.73. The number of methoxy groups -OCH3 is 2. The van der Waals surface area contributed by atoms with Crippen molar-refractivity contribution in [2.75, 3.05) is 20.8 Å². The molecule has 0 aliphatic carbocycles. The maximum Gasteiger partial charge on any atom is 0.343 e. The van der Waals surface area contributed by atoms with Gasteiger partial charge in [-0.3, -0.25) is 14.5 Å². The molecule has 1 aliphatic rings. The van der Waals surface area contributed by atoms with Gasteiger partial charge in [-0.05, 0) is 53.2 Å². The minimum atomic E-state index is -0.539. The molecular weight excluding hydrogens is 545 g/mol. The Kier molecular flexibility index (Phi) is 8.10. The highest BCUT2D eigenvalue weighted by atomic mass is 79.9. The third kappa shape index (κ3) is 5.58. The highest BCUT2D eigenvalue weighted by Crippen LogP contribution is 2.38. The molecule has 32 heavy (non-hydrogen) atoms. The molecule has 1 saturated heterocycles. The number of rotatable bonds is 7. The lowest BCUT2D eigenvalue weighted by Gasteiger charge is -2.13. The van der Waals surface area contributed by atoms with Gasteiger partial charge in [0, 0.05) is 4.47 Å². The van der Waals surface area contributed by atoms with Crippen LogP contribution in [-0.4, -0.2) is 42.8 Å². The summed E-state index contributed by atoms with van der Waals surface area (Å²) in [6, 6.07) is 8.17. The predicted molar refractivity (Wildman–Crippen MR) is 126 cm³/mol. The van der Waals surface area contributed by atoms with E-state index in [1.54, 1.807) is 36.4 Å². The Morgan fingerprint density at radius 3 is 2.53 bits per heavy atom. The normalized spacial score (nSPS) is 14.8. The van der Waals surface area contributed by atoms with Crippen LogP contribution >= 0.6 is 50.9 Å². The van der Waals surface area contributed by atoms with Crippen LogP contribution in [0.4, 0.5) is 4.79 Å². The van der Waals surface area contributed by atoms with Crippen LogP contribution in [0.5, 0.6) is 11.5 Å². The monoisotopic (exact) mass is 559 g/mol. The van der Waals surface area contributed by atoms with Crippen molar-refractivity contribution in [2.24, 2.45) is 0 Å². The smallest absolute Gasteiger partial charge is 0.343 e. The summed E-state index contributed by atoms with van der Waals surface area (Å²) in [5, 5.41) is 0.341. The summed E-state index contributed by atoms with van der Waals surface area (Å²) in [5.41, 5.74) is 1.27. The van der Waals surface area contributed by atoms with E-state index in [9.17, 15) is 14.4 Å². The van der Waals surface area contributed by atoms with Crippen molar-refractivity contribution in [1.29, 1.82) is 0 Å². The molecule has 0 N–H and O–H groups in total. The topological polar surface area (TPSA) is 82.1 Å². The number of ether oxygens (including phenoxy) is 3. The fraction of sp³-hybridized carbons (Fsp3) is 0.190. The van der Waals surface area contributed by atoms with Gasteiger partial charge in [0.15, 0.2) is 18.1 Å². The Morgan fingerprint density at radius 1 is 1.12 bits per heavy atom. The summed E-state index contributed by atoms with van der Waals surface area (Å²) >= 11 is 16.2. The average Bonchev–Trinajstić information content (AvgIpc) is 3.03. The SMILES string of the molecule is COC(=O)COc1cc(Br)c(/C=C2/SC(=O)N(Cc3ccc(Cl)c(Cl)c3)C2=O)cc1OC. The maximum atomic E-state index is 12.9. The molecule has 3 rings (SSSR count). The minimum absolute atomic E-state index is 0.0731. The zero-order valence-electron chi connectivity index (χ0n) is 16.8. The Labute approximate surface area is 206 Å². The molecule has 2 aromatic rings. The molecule has 0 radical (unpaired) electrons. The number of hydrogen-bond acceptors (Lipinski definition) is 7. The molecule has 2 aromatic carbocycles. The van der Waals surface area contributed by atoms with E-state index >= 15 is 0 Å². The maximum absolute atomic E-state index is 12.9. The van der Waals surface area contributed by atoms with Crippen molar-refractivity contribution < 1.29 is 28.6 Å². The molecule has 7 nitrogen and oxygen atoms in total. The first-order chi connectivity index (χ1) is 15.2. The van der Waals surface area contributed by atoms with E-state index in [-0.39, 0.29) is 18.1 Å². The molecule has 1 heterocycles. The van der Waals surface area contributed by atoms with Crippen molar-refractivity contribution in [3.8, 4) is 11.5 Å². The van der Waals surface area contributed by atoms with Crippen LogP contribution in [-0.2, 0) is 20.9 Å². The van der Waals surface area contributed by atoms with Crippen molar-refractivity contribution in [3.05, 3.63) is 60.9 Å². The number of carbonyl (C=O) groups excluding carboxylic acids is 3. The van der Waals surface area contributed by atoms with Gasteiger partial charge >= 0.3 is 5.97 Å². The summed E-state index contributed by atoms with van der Waals surface area (Å²) < 4.78 is 15.9. The highest BCUT2D eigenvalue weighted by molar-refractivity contribution is 9.10. The van der Waals surface area contributed by atoms with Crippen LogP contribution in [0.1, 0.15) is 11.1 Å². The van der Waals surface area contributed by atoms with E-state index in [0.29, 0.717) is 37.1 Å². The Morgan fingerprint density at radius 2 is 1.88 bits per heavy atom. The number of imide groups is 1. The molecule has 1 aliphatic heterocycles. The number of nitrogens with zero attached hydrogens (tertiary/aromatic N) is 1. The number of halogens is 3. The van der Waals surface area contributed by atoms with Gasteiger partial charge in [0.25, 0.3) is 11.1 Å². The number of carbonyl (C=O) groups is 3. The molecule has 0 unspecified atom stereocenters. The number of thioether (sulfide) groups is 1. The van der Waals surface area contributed by atoms with Gasteiger partial charge in [-0.25, -0.2) is 4.79 Å². The predicted octanol–water partition coefficient (Wildman–Crippen LogP) is 5.55. The van der Waals surface area contributed by atoms with E-state index in [4.69, 9.17) is 32.7 Å². The van der Waals surface area contributed by atoms with Gasteiger partial charge in [0.2, 0.25) is 0 Å². The standard InChI is InChI=1S/C21H16BrCl2NO6S/c1-29-16-6-12(13(22)8-17(16)31-10-19(26)30-2)7-18-20(27)25(21(28)32-18)9-11-3-4-14(23)15(24)5-11/h3-8H,9-10H2,1-2H3/b18-7+. The Hall–Kier alpha value is -2.20. The third-order valence-electron chi connectivity index (χ3n) is 4.34. The number of hydrogen-bond donors (Lipinski definition) is 0. The second-order valence-corrected chi connectivity index (χ2v) is 9.07. The van der Waals surface area contributed by atoms with Crippen molar-refractivity contribution in [1.82, 2.24) is 4.90 Å². The van der Waals surface area contributed by atoms with Gasteiger partial charge in [0.05, 0.1) is 35.7 Å². The molecule has 11 heteroatoms. The van der Waals surface area contributed by atoms with Crippen LogP contribution < -0.4 is 9.47 Å². The molecule has 1 fully saturated rings. The number of esters is 1. The molecule has 0 saturated carbocycles. The second-order valence-electron chi connectivity index (χ2n) is 6.41. The van der Waals surface area contributed by atoms with Crippen LogP contribution in [0, 0.1) is 0 Å². The fourth-order valence-corrected chi connectivity index (χ4v) is 4.31. The quantitative estimate of drug-likeness (QED) is 0.324. The first kappa shape index (κ1) is 24.4. The summed E-state index contributed by atoms with van der Waals surface area (Å²) in [7, 11) is 2.71. The summed E-state index contributed by atoms with van der Waals surface area (Å²) in [5.74, 6) is -0.307. The zero-order valence-corrected chi connectivity index (χ0v) is 20.7. The second kappa shape index (κ2) is 10.6. The van der Waals surface area contributed by atoms with E-state index in [1.165, 1.54) is 14.2 Å². The average molecular weight is 561 g/mol. The Balaban J connectivity index is 1.83. The molecular formula is C21H16BrCl2NO6S. The van der Waals surface area contributed by atoms with Crippen LogP contribution in [0.25, 0.3) is 6.08 Å². The van der Waals surface area contributed by atoms with E-state index in [1.807, 2.05) is 0 Å². The molecule has 2 amide bonds. The lowest BCUT2D eigenvalue weighted by Crippen LogP contribution is -2.27. The lowest BCUT2D eigenvalue weighted by molar-refractivity contribution is -0.142. The minimum Gasteiger partial charge on any atom is -0.493 e. The van der Waals surface area contributed by atoms with Gasteiger partial charge < -0.3 is 14.2 Å². The van der Waals surface area contributed by atoms with Gasteiger partial charge in [-0.1, -0.05) is 45.2 Å². The van der Waals surface area contributed by atoms with Crippen molar-refractivity contribution in [2.45, 2.75) is 6.54 Å². The zero-order chi connectivity index (χ0) is 23.4. The molecule has 168 valence electrons. The highest BCUT2D eigenvalue weighted by Gasteiger charge is 2.35. The third-order valence-corrected chi connectivity index (χ3v) is 6.67. The van der Waals surface area contributed by atoms with Gasteiger partial charge in [-0.2, -0.15) is 0 Å². The first-order valence-corrected chi connectivity index (χ1v) is 11.4. The summed E-state index contributed by atoms with van der Waals surface area (Å²) in [4.78, 5) is 38.0. The molecule has 0 spiro atoms. The summed E-state index contributed by atoms with van der Waals surface area (Å²) in [6.07, 6.45) is 1.58. The van der Waals surface area contributed by atoms with Gasteiger partial charge in [0.1, 0.15) is 0 Å². The van der Waals surface area contributed by atoms with E-state index in [2.05, 4.69) is 20.7 Å². The molecule has 0 bridgehead atoms. The van der Waals surface area contributed by atoms with E-state index in [0.717, 1.165) is 16.7 Å². The first-order valence-electron chi connectivity index (χ1n) is 9.00. The molecule has 0 atom stereocenters. The van der Waals surface area contributed by atoms with E-state index < -0.39 is 17.1 Å². The Bertz CT molecular complexity index is 1120. The van der Waals surface area contributed by atoms with Crippen molar-refractivity contribution in [3.63, 3.8) is 0 Å². The number of amides is 2. The summed E-state index contributed by atoms with van der Waals surface area (Å²) in [6.45, 7) is -0.212. The van der Waals surface area contributed by atoms with Crippen LogP contribution in [0.15, 0.2) is 39.7 Å². The lowest BCUT2D eigenvalue weighted by atomic mass is 10.1. The molecule has 0 aromatic heterocycles. The number of benzene rings is 2.